The van der Waals surface area contributed by atoms with Crippen molar-refractivity contribution in [2.45, 2.75) is 12.5 Å². The van der Waals surface area contributed by atoms with E-state index in [1.807, 2.05) is 12.1 Å². The lowest BCUT2D eigenvalue weighted by Gasteiger charge is -2.24. The van der Waals surface area contributed by atoms with E-state index in [2.05, 4.69) is 5.10 Å². The molecule has 2 rings (SSSR count). The van der Waals surface area contributed by atoms with Crippen LogP contribution in [0.2, 0.25) is 5.02 Å². The molecule has 1 heterocycles. The van der Waals surface area contributed by atoms with Crippen LogP contribution in [-0.4, -0.2) is 14.9 Å². The standard InChI is InChI=1S/C12H13ClN2O/c1-12(16,11-7-8-14-15(11)2)9-3-5-10(13)6-4-9/h3-8,16H,1-2H3. The summed E-state index contributed by atoms with van der Waals surface area (Å²) in [6, 6.07) is 8.96. The molecule has 84 valence electrons. The number of aliphatic hydroxyl groups is 1. The Kier molecular flexibility index (Phi) is 2.74. The van der Waals surface area contributed by atoms with Gasteiger partial charge in [-0.05, 0) is 30.7 Å². The average Bonchev–Trinajstić information content (AvgIpc) is 2.66. The minimum atomic E-state index is -1.06. The summed E-state index contributed by atoms with van der Waals surface area (Å²) < 4.78 is 1.66. The molecule has 0 aliphatic rings. The van der Waals surface area contributed by atoms with E-state index in [1.54, 1.807) is 43.0 Å². The first-order chi connectivity index (χ1) is 7.51. The molecule has 16 heavy (non-hydrogen) atoms. The zero-order chi connectivity index (χ0) is 11.8. The highest BCUT2D eigenvalue weighted by molar-refractivity contribution is 6.30. The number of nitrogens with zero attached hydrogens (tertiary/aromatic N) is 2. The number of hydrogen-bond donors (Lipinski definition) is 1. The maximum Gasteiger partial charge on any atom is 0.128 e. The topological polar surface area (TPSA) is 38.0 Å². The van der Waals surface area contributed by atoms with Crippen molar-refractivity contribution in [3.63, 3.8) is 0 Å². The van der Waals surface area contributed by atoms with E-state index in [0.717, 1.165) is 11.3 Å². The van der Waals surface area contributed by atoms with Gasteiger partial charge in [-0.15, -0.1) is 0 Å². The second-order valence-corrected chi connectivity index (χ2v) is 4.36. The molecular formula is C12H13ClN2O. The van der Waals surface area contributed by atoms with Gasteiger partial charge >= 0.3 is 0 Å². The fourth-order valence-electron chi connectivity index (χ4n) is 1.77. The van der Waals surface area contributed by atoms with Crippen LogP contribution >= 0.6 is 11.6 Å². The van der Waals surface area contributed by atoms with Crippen molar-refractivity contribution in [2.24, 2.45) is 7.05 Å². The Hall–Kier alpha value is -1.32. The average molecular weight is 237 g/mol. The number of hydrogen-bond acceptors (Lipinski definition) is 2. The van der Waals surface area contributed by atoms with Crippen molar-refractivity contribution < 1.29 is 5.11 Å². The van der Waals surface area contributed by atoms with E-state index >= 15 is 0 Å². The summed E-state index contributed by atoms with van der Waals surface area (Å²) in [5, 5.41) is 15.2. The molecule has 0 radical (unpaired) electrons. The fourth-order valence-corrected chi connectivity index (χ4v) is 1.90. The molecule has 0 saturated carbocycles. The van der Waals surface area contributed by atoms with Crippen LogP contribution in [0, 0.1) is 0 Å². The molecule has 3 nitrogen and oxygen atoms in total. The maximum absolute atomic E-state index is 10.5. The predicted octanol–water partition coefficient (Wildman–Crippen LogP) is 2.33. The van der Waals surface area contributed by atoms with Gasteiger partial charge < -0.3 is 5.11 Å². The molecule has 2 aromatic rings. The molecule has 1 aromatic heterocycles. The van der Waals surface area contributed by atoms with Gasteiger partial charge in [-0.3, -0.25) is 4.68 Å². The van der Waals surface area contributed by atoms with Crippen LogP contribution in [0.15, 0.2) is 36.5 Å². The molecule has 0 saturated heterocycles. The summed E-state index contributed by atoms with van der Waals surface area (Å²) in [5.41, 5.74) is 0.478. The van der Waals surface area contributed by atoms with Gasteiger partial charge in [-0.2, -0.15) is 5.10 Å². The molecule has 1 unspecified atom stereocenters. The summed E-state index contributed by atoms with van der Waals surface area (Å²) in [6.45, 7) is 1.74. The van der Waals surface area contributed by atoms with Crippen molar-refractivity contribution in [1.29, 1.82) is 0 Å². The van der Waals surface area contributed by atoms with Gasteiger partial charge in [0.25, 0.3) is 0 Å². The van der Waals surface area contributed by atoms with E-state index in [4.69, 9.17) is 11.6 Å². The third-order valence-electron chi connectivity index (χ3n) is 2.73. The van der Waals surface area contributed by atoms with Crippen molar-refractivity contribution in [2.75, 3.05) is 0 Å². The smallest absolute Gasteiger partial charge is 0.128 e. The minimum absolute atomic E-state index is 0.657. The quantitative estimate of drug-likeness (QED) is 0.869. The highest BCUT2D eigenvalue weighted by Crippen LogP contribution is 2.29. The van der Waals surface area contributed by atoms with Crippen LogP contribution in [0.4, 0.5) is 0 Å². The van der Waals surface area contributed by atoms with Crippen LogP contribution < -0.4 is 0 Å². The van der Waals surface area contributed by atoms with E-state index in [1.165, 1.54) is 0 Å². The molecular weight excluding hydrogens is 224 g/mol. The summed E-state index contributed by atoms with van der Waals surface area (Å²) in [4.78, 5) is 0. The van der Waals surface area contributed by atoms with Crippen LogP contribution in [0.1, 0.15) is 18.2 Å². The second kappa shape index (κ2) is 3.92. The fraction of sp³-hybridized carbons (Fsp3) is 0.250. The monoisotopic (exact) mass is 236 g/mol. The Labute approximate surface area is 99.3 Å². The second-order valence-electron chi connectivity index (χ2n) is 3.92. The first kappa shape index (κ1) is 11.2. The van der Waals surface area contributed by atoms with Gasteiger partial charge in [0, 0.05) is 18.3 Å². The van der Waals surface area contributed by atoms with Gasteiger partial charge in [0.15, 0.2) is 0 Å². The highest BCUT2D eigenvalue weighted by atomic mass is 35.5. The van der Waals surface area contributed by atoms with Gasteiger partial charge in [-0.1, -0.05) is 23.7 Å². The molecule has 0 fully saturated rings. The van der Waals surface area contributed by atoms with Gasteiger partial charge in [0.2, 0.25) is 0 Å². The van der Waals surface area contributed by atoms with Crippen molar-refractivity contribution in [3.8, 4) is 0 Å². The molecule has 0 aliphatic carbocycles. The lowest BCUT2D eigenvalue weighted by atomic mass is 9.92. The number of rotatable bonds is 2. The van der Waals surface area contributed by atoms with Gasteiger partial charge in [-0.25, -0.2) is 0 Å². The molecule has 0 amide bonds. The van der Waals surface area contributed by atoms with Crippen LogP contribution in [0.25, 0.3) is 0 Å². The number of aromatic nitrogens is 2. The summed E-state index contributed by atoms with van der Waals surface area (Å²) in [7, 11) is 1.81. The summed E-state index contributed by atoms with van der Waals surface area (Å²) in [6.07, 6.45) is 1.67. The molecule has 1 aromatic carbocycles. The van der Waals surface area contributed by atoms with E-state index < -0.39 is 5.60 Å². The lowest BCUT2D eigenvalue weighted by Crippen LogP contribution is -2.25. The number of aryl methyl sites for hydroxylation is 1. The summed E-state index contributed by atoms with van der Waals surface area (Å²) in [5.74, 6) is 0. The number of benzene rings is 1. The molecule has 1 N–H and O–H groups in total. The van der Waals surface area contributed by atoms with Crippen LogP contribution in [0.3, 0.4) is 0 Å². The van der Waals surface area contributed by atoms with Crippen molar-refractivity contribution >= 4 is 11.6 Å². The van der Waals surface area contributed by atoms with E-state index in [0.29, 0.717) is 5.02 Å². The van der Waals surface area contributed by atoms with Crippen LogP contribution in [-0.2, 0) is 12.6 Å². The Morgan fingerprint density at radius 3 is 2.38 bits per heavy atom. The largest absolute Gasteiger partial charge is 0.379 e. The Morgan fingerprint density at radius 2 is 1.88 bits per heavy atom. The zero-order valence-corrected chi connectivity index (χ0v) is 9.94. The normalized spacial score (nSPS) is 14.8. The Bertz CT molecular complexity index is 488. The summed E-state index contributed by atoms with van der Waals surface area (Å²) >= 11 is 5.82. The molecule has 0 spiro atoms. The van der Waals surface area contributed by atoms with Crippen molar-refractivity contribution in [1.82, 2.24) is 9.78 Å². The Balaban J connectivity index is 2.46. The molecule has 1 atom stereocenters. The van der Waals surface area contributed by atoms with Gasteiger partial charge in [0.1, 0.15) is 5.60 Å². The van der Waals surface area contributed by atoms with E-state index in [9.17, 15) is 5.11 Å². The first-order valence-corrected chi connectivity index (χ1v) is 5.36. The van der Waals surface area contributed by atoms with Gasteiger partial charge in [0.05, 0.1) is 5.69 Å². The number of halogens is 1. The SMILES string of the molecule is Cn1nccc1C(C)(O)c1ccc(Cl)cc1. The highest BCUT2D eigenvalue weighted by Gasteiger charge is 2.28. The first-order valence-electron chi connectivity index (χ1n) is 4.98. The lowest BCUT2D eigenvalue weighted by molar-refractivity contribution is 0.0929. The molecule has 0 aliphatic heterocycles. The third kappa shape index (κ3) is 1.84. The maximum atomic E-state index is 10.5. The zero-order valence-electron chi connectivity index (χ0n) is 9.18. The van der Waals surface area contributed by atoms with Crippen molar-refractivity contribution in [3.05, 3.63) is 52.8 Å². The third-order valence-corrected chi connectivity index (χ3v) is 2.98. The minimum Gasteiger partial charge on any atom is -0.379 e. The van der Waals surface area contributed by atoms with E-state index in [-0.39, 0.29) is 0 Å². The van der Waals surface area contributed by atoms with Crippen LogP contribution in [0.5, 0.6) is 0 Å². The predicted molar refractivity (Wildman–Crippen MR) is 63.3 cm³/mol. The Morgan fingerprint density at radius 1 is 1.25 bits per heavy atom. The molecule has 0 bridgehead atoms. The molecule has 4 heteroatoms.